The van der Waals surface area contributed by atoms with Crippen LogP contribution in [0, 0.1) is 0 Å². The molecular formula is C16H25BrO3. The summed E-state index contributed by atoms with van der Waals surface area (Å²) < 4.78 is 11.5. The van der Waals surface area contributed by atoms with Crippen LogP contribution in [0.25, 0.3) is 0 Å². The fourth-order valence-electron chi connectivity index (χ4n) is 2.24. The van der Waals surface area contributed by atoms with Crippen LogP contribution in [0.15, 0.2) is 16.6 Å². The Kier molecular flexibility index (Phi) is 8.00. The molecule has 1 rings (SSSR count). The molecule has 0 saturated heterocycles. The molecular weight excluding hydrogens is 320 g/mol. The number of halogens is 1. The molecule has 0 heterocycles. The van der Waals surface area contributed by atoms with Gasteiger partial charge in [-0.1, -0.05) is 39.0 Å². The molecule has 1 atom stereocenters. The van der Waals surface area contributed by atoms with E-state index in [-0.39, 0.29) is 0 Å². The lowest BCUT2D eigenvalue weighted by atomic mass is 10.0. The third-order valence-electron chi connectivity index (χ3n) is 3.44. The molecule has 0 amide bonds. The van der Waals surface area contributed by atoms with Gasteiger partial charge in [0.25, 0.3) is 0 Å². The van der Waals surface area contributed by atoms with Gasteiger partial charge in [-0.15, -0.1) is 0 Å². The van der Waals surface area contributed by atoms with Crippen LogP contribution in [-0.2, 0) is 0 Å². The second kappa shape index (κ2) is 9.24. The number of aliphatic hydroxyl groups excluding tert-OH is 1. The smallest absolute Gasteiger partial charge is 0.133 e. The largest absolute Gasteiger partial charge is 0.496 e. The van der Waals surface area contributed by atoms with Crippen LogP contribution in [-0.4, -0.2) is 19.3 Å². The highest BCUT2D eigenvalue weighted by Crippen LogP contribution is 2.37. The van der Waals surface area contributed by atoms with Gasteiger partial charge in [0.15, 0.2) is 0 Å². The van der Waals surface area contributed by atoms with E-state index < -0.39 is 6.10 Å². The minimum absolute atomic E-state index is 0.506. The van der Waals surface area contributed by atoms with Crippen molar-refractivity contribution >= 4 is 15.9 Å². The first-order valence-corrected chi connectivity index (χ1v) is 8.02. The maximum Gasteiger partial charge on any atom is 0.133 e. The van der Waals surface area contributed by atoms with Crippen LogP contribution in [0.3, 0.4) is 0 Å². The minimum atomic E-state index is -0.506. The first-order valence-electron chi connectivity index (χ1n) is 7.23. The van der Waals surface area contributed by atoms with E-state index in [2.05, 4.69) is 22.9 Å². The van der Waals surface area contributed by atoms with Crippen LogP contribution < -0.4 is 9.47 Å². The van der Waals surface area contributed by atoms with E-state index in [1.165, 1.54) is 25.7 Å². The molecule has 1 unspecified atom stereocenters. The van der Waals surface area contributed by atoms with Crippen molar-refractivity contribution in [3.8, 4) is 11.5 Å². The Bertz CT molecular complexity index is 407. The number of ether oxygens (including phenoxy) is 2. The zero-order chi connectivity index (χ0) is 15.0. The third-order valence-corrected chi connectivity index (χ3v) is 4.06. The second-order valence-electron chi connectivity index (χ2n) is 4.95. The van der Waals surface area contributed by atoms with Crippen molar-refractivity contribution in [3.05, 3.63) is 22.2 Å². The molecule has 0 aromatic heterocycles. The zero-order valence-electron chi connectivity index (χ0n) is 12.6. The summed E-state index contributed by atoms with van der Waals surface area (Å²) in [5, 5.41) is 10.3. The van der Waals surface area contributed by atoms with E-state index in [1.807, 2.05) is 12.1 Å². The maximum atomic E-state index is 10.3. The number of methoxy groups -OCH3 is 2. The third kappa shape index (κ3) is 4.98. The first kappa shape index (κ1) is 17.3. The number of rotatable bonds is 9. The Labute approximate surface area is 130 Å². The Morgan fingerprint density at radius 1 is 1.05 bits per heavy atom. The van der Waals surface area contributed by atoms with Crippen molar-refractivity contribution < 1.29 is 14.6 Å². The highest BCUT2D eigenvalue weighted by molar-refractivity contribution is 9.10. The molecule has 20 heavy (non-hydrogen) atoms. The fraction of sp³-hybridized carbons (Fsp3) is 0.625. The Balaban J connectivity index is 2.68. The summed E-state index contributed by atoms with van der Waals surface area (Å²) >= 11 is 3.43. The summed E-state index contributed by atoms with van der Waals surface area (Å²) in [5.74, 6) is 1.41. The van der Waals surface area contributed by atoms with Gasteiger partial charge < -0.3 is 14.6 Å². The van der Waals surface area contributed by atoms with Crippen molar-refractivity contribution in [2.45, 2.75) is 51.6 Å². The molecule has 0 aliphatic heterocycles. The average Bonchev–Trinajstić information content (AvgIpc) is 2.46. The van der Waals surface area contributed by atoms with Crippen LogP contribution in [0.5, 0.6) is 11.5 Å². The van der Waals surface area contributed by atoms with Gasteiger partial charge in [0.1, 0.15) is 11.5 Å². The number of hydrogen-bond acceptors (Lipinski definition) is 3. The topological polar surface area (TPSA) is 38.7 Å². The summed E-state index contributed by atoms with van der Waals surface area (Å²) in [6.45, 7) is 2.20. The predicted molar refractivity (Wildman–Crippen MR) is 85.6 cm³/mol. The average molecular weight is 345 g/mol. The summed E-state index contributed by atoms with van der Waals surface area (Å²) in [7, 11) is 3.24. The van der Waals surface area contributed by atoms with Crippen LogP contribution in [0.1, 0.15) is 57.1 Å². The molecule has 1 aromatic carbocycles. The monoisotopic (exact) mass is 344 g/mol. The molecule has 0 aliphatic rings. The van der Waals surface area contributed by atoms with Crippen molar-refractivity contribution in [2.75, 3.05) is 14.2 Å². The molecule has 0 spiro atoms. The summed E-state index contributed by atoms with van der Waals surface area (Å²) in [5.41, 5.74) is 0.794. The lowest BCUT2D eigenvalue weighted by molar-refractivity contribution is 0.159. The molecule has 1 aromatic rings. The lowest BCUT2D eigenvalue weighted by Gasteiger charge is -2.17. The molecule has 0 bridgehead atoms. The van der Waals surface area contributed by atoms with Crippen LogP contribution in [0.4, 0.5) is 0 Å². The van der Waals surface area contributed by atoms with E-state index in [1.54, 1.807) is 14.2 Å². The SMILES string of the molecule is CCCCCCCC(O)c1cc(OC)c(Br)cc1OC. The Morgan fingerprint density at radius 2 is 1.70 bits per heavy atom. The van der Waals surface area contributed by atoms with Crippen molar-refractivity contribution in [2.24, 2.45) is 0 Å². The summed E-state index contributed by atoms with van der Waals surface area (Å²) in [6.07, 6.45) is 6.19. The molecule has 114 valence electrons. The van der Waals surface area contributed by atoms with E-state index in [4.69, 9.17) is 9.47 Å². The van der Waals surface area contributed by atoms with Gasteiger partial charge in [0, 0.05) is 5.56 Å². The minimum Gasteiger partial charge on any atom is -0.496 e. The summed E-state index contributed by atoms with van der Waals surface area (Å²) in [4.78, 5) is 0. The maximum absolute atomic E-state index is 10.3. The number of aliphatic hydroxyl groups is 1. The summed E-state index contributed by atoms with van der Waals surface area (Å²) in [6, 6.07) is 3.69. The van der Waals surface area contributed by atoms with Crippen molar-refractivity contribution in [1.29, 1.82) is 0 Å². The van der Waals surface area contributed by atoms with Crippen LogP contribution in [0.2, 0.25) is 0 Å². The van der Waals surface area contributed by atoms with Gasteiger partial charge in [-0.2, -0.15) is 0 Å². The van der Waals surface area contributed by atoms with Gasteiger partial charge in [-0.25, -0.2) is 0 Å². The lowest BCUT2D eigenvalue weighted by Crippen LogP contribution is -2.02. The molecule has 3 nitrogen and oxygen atoms in total. The molecule has 0 saturated carbocycles. The first-order chi connectivity index (χ1) is 9.63. The number of benzene rings is 1. The number of unbranched alkanes of at least 4 members (excludes halogenated alkanes) is 4. The van der Waals surface area contributed by atoms with Gasteiger partial charge >= 0.3 is 0 Å². The zero-order valence-corrected chi connectivity index (χ0v) is 14.2. The quantitative estimate of drug-likeness (QED) is 0.650. The standard InChI is InChI=1S/C16H25BrO3/c1-4-5-6-7-8-9-14(18)12-10-16(20-3)13(17)11-15(12)19-2/h10-11,14,18H,4-9H2,1-3H3. The van der Waals surface area contributed by atoms with Crippen molar-refractivity contribution in [3.63, 3.8) is 0 Å². The van der Waals surface area contributed by atoms with Gasteiger partial charge in [-0.3, -0.25) is 0 Å². The van der Waals surface area contributed by atoms with Gasteiger partial charge in [0.2, 0.25) is 0 Å². The van der Waals surface area contributed by atoms with E-state index in [9.17, 15) is 5.11 Å². The molecule has 0 radical (unpaired) electrons. The van der Waals surface area contributed by atoms with E-state index in [0.717, 1.165) is 22.9 Å². The van der Waals surface area contributed by atoms with Gasteiger partial charge in [-0.05, 0) is 34.5 Å². The molecule has 1 N–H and O–H groups in total. The van der Waals surface area contributed by atoms with Crippen LogP contribution >= 0.6 is 15.9 Å². The highest BCUT2D eigenvalue weighted by atomic mass is 79.9. The predicted octanol–water partition coefficient (Wildman–Crippen LogP) is 4.86. The normalized spacial score (nSPS) is 12.2. The second-order valence-corrected chi connectivity index (χ2v) is 5.80. The Morgan fingerprint density at radius 3 is 2.30 bits per heavy atom. The number of hydrogen-bond donors (Lipinski definition) is 1. The molecule has 4 heteroatoms. The van der Waals surface area contributed by atoms with E-state index in [0.29, 0.717) is 11.5 Å². The molecule has 0 aliphatic carbocycles. The highest BCUT2D eigenvalue weighted by Gasteiger charge is 2.16. The molecule has 0 fully saturated rings. The fourth-order valence-corrected chi connectivity index (χ4v) is 2.73. The van der Waals surface area contributed by atoms with E-state index >= 15 is 0 Å². The van der Waals surface area contributed by atoms with Crippen molar-refractivity contribution in [1.82, 2.24) is 0 Å². The van der Waals surface area contributed by atoms with Gasteiger partial charge in [0.05, 0.1) is 24.8 Å². The Hall–Kier alpha value is -0.740.